The predicted octanol–water partition coefficient (Wildman–Crippen LogP) is 2.40. The number of hydrogen-bond acceptors (Lipinski definition) is 3. The van der Waals surface area contributed by atoms with Crippen LogP contribution in [0.2, 0.25) is 0 Å². The second-order valence-electron chi connectivity index (χ2n) is 8.00. The van der Waals surface area contributed by atoms with Gasteiger partial charge in [-0.1, -0.05) is 0 Å². The van der Waals surface area contributed by atoms with Crippen molar-refractivity contribution in [3.63, 3.8) is 0 Å². The van der Waals surface area contributed by atoms with Crippen molar-refractivity contribution in [1.29, 1.82) is 0 Å². The first-order chi connectivity index (χ1) is 13.0. The Kier molecular flexibility index (Phi) is 3.82. The van der Waals surface area contributed by atoms with Gasteiger partial charge in [-0.3, -0.25) is 14.4 Å². The Balaban J connectivity index is 1.54. The molecular weight excluding hydrogens is 350 g/mol. The number of aryl methyl sites for hydroxylation is 1. The van der Waals surface area contributed by atoms with Crippen LogP contribution in [0.15, 0.2) is 30.5 Å². The third-order valence-electron chi connectivity index (χ3n) is 6.50. The highest BCUT2D eigenvalue weighted by Gasteiger charge is 2.55. The minimum absolute atomic E-state index is 0.0818. The zero-order chi connectivity index (χ0) is 18.7. The lowest BCUT2D eigenvalue weighted by Crippen LogP contribution is -2.60. The highest BCUT2D eigenvalue weighted by Crippen LogP contribution is 2.47. The van der Waals surface area contributed by atoms with Crippen molar-refractivity contribution < 1.29 is 13.6 Å². The summed E-state index contributed by atoms with van der Waals surface area (Å²) in [4.78, 5) is 17.5. The van der Waals surface area contributed by atoms with Crippen LogP contribution < -0.4 is 0 Å². The van der Waals surface area contributed by atoms with Gasteiger partial charge in [-0.15, -0.1) is 0 Å². The number of carbonyl (C=O) groups is 1. The van der Waals surface area contributed by atoms with Crippen molar-refractivity contribution in [2.24, 2.45) is 13.0 Å². The molecule has 2 aromatic rings. The van der Waals surface area contributed by atoms with Gasteiger partial charge < -0.3 is 4.90 Å². The summed E-state index contributed by atoms with van der Waals surface area (Å²) in [6.45, 7) is 2.46. The van der Waals surface area contributed by atoms with E-state index in [4.69, 9.17) is 0 Å². The first-order valence-electron chi connectivity index (χ1n) is 9.52. The smallest absolute Gasteiger partial charge is 0.274 e. The normalized spacial score (nSPS) is 32.0. The number of amides is 1. The van der Waals surface area contributed by atoms with E-state index in [2.05, 4.69) is 10.00 Å². The average molecular weight is 372 g/mol. The van der Waals surface area contributed by atoms with Crippen LogP contribution in [0.1, 0.15) is 34.8 Å². The highest BCUT2D eigenvalue weighted by atomic mass is 19.1. The van der Waals surface area contributed by atoms with E-state index < -0.39 is 11.6 Å². The van der Waals surface area contributed by atoms with Crippen molar-refractivity contribution in [2.75, 3.05) is 19.6 Å². The number of piperidine rings is 3. The zero-order valence-electron chi connectivity index (χ0n) is 15.2. The fraction of sp³-hybridized carbons (Fsp3) is 0.500. The Morgan fingerprint density at radius 3 is 2.44 bits per heavy atom. The number of aromatic nitrogens is 2. The van der Waals surface area contributed by atoms with Crippen LogP contribution in [-0.4, -0.2) is 57.2 Å². The van der Waals surface area contributed by atoms with Gasteiger partial charge in [0.05, 0.1) is 6.04 Å². The molecule has 0 N–H and O–H groups in total. The topological polar surface area (TPSA) is 41.4 Å². The molecule has 3 atom stereocenters. The lowest BCUT2D eigenvalue weighted by atomic mass is 9.75. The third kappa shape index (κ3) is 2.67. The van der Waals surface area contributed by atoms with E-state index in [1.807, 2.05) is 4.90 Å². The maximum absolute atomic E-state index is 13.9. The second kappa shape index (κ2) is 6.12. The first-order valence-corrected chi connectivity index (χ1v) is 9.52. The Morgan fingerprint density at radius 2 is 1.81 bits per heavy atom. The van der Waals surface area contributed by atoms with E-state index in [0.717, 1.165) is 32.0 Å². The predicted molar refractivity (Wildman–Crippen MR) is 95.2 cm³/mol. The molecule has 4 aliphatic heterocycles. The highest BCUT2D eigenvalue weighted by molar-refractivity contribution is 5.93. The minimum atomic E-state index is -0.563. The molecule has 1 amide bonds. The molecular formula is C20H22F2N4O. The number of carbonyl (C=O) groups excluding carboxylic acids is 1. The molecule has 0 aliphatic carbocycles. The summed E-state index contributed by atoms with van der Waals surface area (Å²) in [7, 11) is 1.79. The minimum Gasteiger partial charge on any atom is -0.332 e. The number of hydrogen-bond donors (Lipinski definition) is 0. The van der Waals surface area contributed by atoms with Crippen LogP contribution >= 0.6 is 0 Å². The number of benzene rings is 1. The molecule has 27 heavy (non-hydrogen) atoms. The molecule has 5 nitrogen and oxygen atoms in total. The van der Waals surface area contributed by atoms with E-state index in [0.29, 0.717) is 23.7 Å². The molecule has 5 heterocycles. The number of fused-ring (bicyclic) bond motifs is 2. The molecule has 2 bridgehead atoms. The number of halogens is 2. The zero-order valence-corrected chi connectivity index (χ0v) is 15.2. The van der Waals surface area contributed by atoms with Crippen LogP contribution in [0, 0.1) is 17.6 Å². The van der Waals surface area contributed by atoms with E-state index in [-0.39, 0.29) is 23.9 Å². The Morgan fingerprint density at radius 1 is 1.11 bits per heavy atom. The fourth-order valence-electron chi connectivity index (χ4n) is 5.41. The summed E-state index contributed by atoms with van der Waals surface area (Å²) in [5.74, 6) is -0.857. The number of likely N-dealkylation sites (tertiary alicyclic amines) is 1. The summed E-state index contributed by atoms with van der Waals surface area (Å²) < 4.78 is 29.4. The van der Waals surface area contributed by atoms with Gasteiger partial charge in [0, 0.05) is 37.8 Å². The Hall–Kier alpha value is -2.28. The molecule has 0 radical (unpaired) electrons. The summed E-state index contributed by atoms with van der Waals surface area (Å²) in [5, 5.41) is 4.27. The van der Waals surface area contributed by atoms with Gasteiger partial charge in [0.25, 0.3) is 5.91 Å². The van der Waals surface area contributed by atoms with Crippen molar-refractivity contribution in [3.05, 3.63) is 53.4 Å². The van der Waals surface area contributed by atoms with E-state index in [1.165, 1.54) is 12.1 Å². The fourth-order valence-corrected chi connectivity index (χ4v) is 5.41. The molecule has 7 heteroatoms. The molecule has 6 rings (SSSR count). The number of rotatable bonds is 2. The van der Waals surface area contributed by atoms with Gasteiger partial charge in [0.1, 0.15) is 17.3 Å². The maximum Gasteiger partial charge on any atom is 0.274 e. The summed E-state index contributed by atoms with van der Waals surface area (Å²) >= 11 is 0. The molecule has 0 unspecified atom stereocenters. The van der Waals surface area contributed by atoms with E-state index >= 15 is 0 Å². The molecule has 4 aliphatic rings. The SMILES string of the molecule is Cn1ccc(C(=O)N2C[C@@H](c3cc(F)cc(F)c3)[C@@H]3[C@H]2C2CCN3CC2)n1. The van der Waals surface area contributed by atoms with Gasteiger partial charge in [-0.2, -0.15) is 5.10 Å². The molecule has 142 valence electrons. The van der Waals surface area contributed by atoms with Crippen molar-refractivity contribution in [3.8, 4) is 0 Å². The third-order valence-corrected chi connectivity index (χ3v) is 6.50. The molecule has 0 spiro atoms. The van der Waals surface area contributed by atoms with Gasteiger partial charge in [0.15, 0.2) is 0 Å². The summed E-state index contributed by atoms with van der Waals surface area (Å²) in [5.41, 5.74) is 1.07. The van der Waals surface area contributed by atoms with Crippen molar-refractivity contribution in [2.45, 2.75) is 30.8 Å². The average Bonchev–Trinajstić information content (AvgIpc) is 3.26. The van der Waals surface area contributed by atoms with E-state index in [1.54, 1.807) is 24.0 Å². The molecule has 4 saturated heterocycles. The Bertz CT molecular complexity index is 870. The van der Waals surface area contributed by atoms with Crippen molar-refractivity contribution in [1.82, 2.24) is 19.6 Å². The standard InChI is InChI=1S/C20H22F2N4O/c1-24-5-4-17(23-24)20(27)26-11-16(13-8-14(21)10-15(22)9-13)19-18(26)12-2-6-25(19)7-3-12/h4-5,8-10,12,16,18-19H,2-3,6-7,11H2,1H3/t16-,18+,19+/m0/s1. The summed E-state index contributed by atoms with van der Waals surface area (Å²) in [6.07, 6.45) is 3.89. The largest absolute Gasteiger partial charge is 0.332 e. The van der Waals surface area contributed by atoms with Crippen LogP contribution in [0.5, 0.6) is 0 Å². The molecule has 1 aromatic carbocycles. The van der Waals surface area contributed by atoms with Crippen LogP contribution in [0.25, 0.3) is 0 Å². The molecule has 4 fully saturated rings. The second-order valence-corrected chi connectivity index (χ2v) is 8.00. The van der Waals surface area contributed by atoms with Crippen molar-refractivity contribution >= 4 is 5.91 Å². The van der Waals surface area contributed by atoms with E-state index in [9.17, 15) is 13.6 Å². The first kappa shape index (κ1) is 16.9. The molecule has 0 saturated carbocycles. The van der Waals surface area contributed by atoms with Gasteiger partial charge in [0.2, 0.25) is 0 Å². The number of nitrogens with zero attached hydrogens (tertiary/aromatic N) is 4. The maximum atomic E-state index is 13.9. The lowest BCUT2D eigenvalue weighted by molar-refractivity contribution is -0.00363. The molecule has 1 aromatic heterocycles. The van der Waals surface area contributed by atoms with Gasteiger partial charge >= 0.3 is 0 Å². The Labute approximate surface area is 156 Å². The van der Waals surface area contributed by atoms with Gasteiger partial charge in [-0.25, -0.2) is 8.78 Å². The van der Waals surface area contributed by atoms with Crippen LogP contribution in [0.3, 0.4) is 0 Å². The quantitative estimate of drug-likeness (QED) is 0.813. The van der Waals surface area contributed by atoms with Gasteiger partial charge in [-0.05, 0) is 55.6 Å². The summed E-state index contributed by atoms with van der Waals surface area (Å²) in [6, 6.07) is 5.67. The van der Waals surface area contributed by atoms with Crippen LogP contribution in [-0.2, 0) is 7.05 Å². The van der Waals surface area contributed by atoms with Crippen LogP contribution in [0.4, 0.5) is 8.78 Å². The monoisotopic (exact) mass is 372 g/mol. The lowest BCUT2D eigenvalue weighted by Gasteiger charge is -2.51.